The second kappa shape index (κ2) is 8.76. The number of benzene rings is 1. The predicted octanol–water partition coefficient (Wildman–Crippen LogP) is 2.30. The van der Waals surface area contributed by atoms with Gasteiger partial charge in [-0.1, -0.05) is 38.5 Å². The van der Waals surface area contributed by atoms with Crippen LogP contribution in [0.1, 0.15) is 50.4 Å². The lowest BCUT2D eigenvalue weighted by atomic mass is 9.84. The van der Waals surface area contributed by atoms with E-state index in [9.17, 15) is 14.4 Å². The molecule has 6 heteroatoms. The van der Waals surface area contributed by atoms with Crippen LogP contribution in [0, 0.1) is 11.8 Å². The van der Waals surface area contributed by atoms with Crippen molar-refractivity contribution in [3.63, 3.8) is 0 Å². The Kier molecular flexibility index (Phi) is 6.37. The van der Waals surface area contributed by atoms with E-state index in [1.54, 1.807) is 4.90 Å². The van der Waals surface area contributed by atoms with E-state index in [1.165, 1.54) is 0 Å². The third kappa shape index (κ3) is 4.37. The summed E-state index contributed by atoms with van der Waals surface area (Å²) in [7, 11) is 0. The van der Waals surface area contributed by atoms with E-state index >= 15 is 0 Å². The van der Waals surface area contributed by atoms with Crippen LogP contribution < -0.4 is 5.32 Å². The van der Waals surface area contributed by atoms with Crippen molar-refractivity contribution in [1.29, 1.82) is 0 Å². The van der Waals surface area contributed by atoms with Crippen molar-refractivity contribution < 1.29 is 14.4 Å². The predicted molar refractivity (Wildman–Crippen MR) is 108 cm³/mol. The Morgan fingerprint density at radius 3 is 2.29 bits per heavy atom. The number of rotatable bonds is 5. The highest BCUT2D eigenvalue weighted by molar-refractivity contribution is 5.95. The first-order valence-electron chi connectivity index (χ1n) is 10.3. The molecule has 28 heavy (non-hydrogen) atoms. The number of nitrogens with zero attached hydrogens (tertiary/aromatic N) is 2. The quantitative estimate of drug-likeness (QED) is 0.846. The fourth-order valence-electron chi connectivity index (χ4n) is 3.86. The zero-order valence-electron chi connectivity index (χ0n) is 17.1. The molecule has 0 spiro atoms. The number of hydrogen-bond acceptors (Lipinski definition) is 3. The summed E-state index contributed by atoms with van der Waals surface area (Å²) >= 11 is 0. The van der Waals surface area contributed by atoms with Gasteiger partial charge >= 0.3 is 0 Å². The lowest BCUT2D eigenvalue weighted by molar-refractivity contribution is -0.141. The maximum absolute atomic E-state index is 13.1. The average Bonchev–Trinajstić information content (AvgIpc) is 2.64. The molecular weight excluding hydrogens is 354 g/mol. The Balaban J connectivity index is 1.61. The van der Waals surface area contributed by atoms with E-state index in [1.807, 2.05) is 56.0 Å². The van der Waals surface area contributed by atoms with Gasteiger partial charge in [-0.15, -0.1) is 0 Å². The molecule has 3 amide bonds. The molecule has 1 N–H and O–H groups in total. The molecule has 1 saturated carbocycles. The maximum atomic E-state index is 13.1. The molecule has 1 aliphatic carbocycles. The van der Waals surface area contributed by atoms with Gasteiger partial charge in [0.2, 0.25) is 11.8 Å². The van der Waals surface area contributed by atoms with Gasteiger partial charge in [-0.2, -0.15) is 0 Å². The van der Waals surface area contributed by atoms with Gasteiger partial charge in [0, 0.05) is 37.2 Å². The minimum absolute atomic E-state index is 0.00102. The first-order valence-corrected chi connectivity index (χ1v) is 10.3. The van der Waals surface area contributed by atoms with Gasteiger partial charge in [-0.3, -0.25) is 14.4 Å². The summed E-state index contributed by atoms with van der Waals surface area (Å²) in [6, 6.07) is 8.66. The lowest BCUT2D eigenvalue weighted by Crippen LogP contribution is -2.60. The highest BCUT2D eigenvalue weighted by Gasteiger charge is 2.36. The zero-order valence-corrected chi connectivity index (χ0v) is 17.1. The van der Waals surface area contributed by atoms with Crippen molar-refractivity contribution >= 4 is 17.7 Å². The van der Waals surface area contributed by atoms with Crippen LogP contribution in [0.3, 0.4) is 0 Å². The average molecular weight is 386 g/mol. The molecule has 1 heterocycles. The Morgan fingerprint density at radius 2 is 1.75 bits per heavy atom. The Morgan fingerprint density at radius 1 is 1.07 bits per heavy atom. The molecular formula is C22H31N3O3. The topological polar surface area (TPSA) is 69.7 Å². The van der Waals surface area contributed by atoms with Crippen LogP contribution in [-0.4, -0.2) is 59.2 Å². The summed E-state index contributed by atoms with van der Waals surface area (Å²) in [6.45, 7) is 7.37. The van der Waals surface area contributed by atoms with Gasteiger partial charge < -0.3 is 15.1 Å². The largest absolute Gasteiger partial charge is 0.344 e. The molecule has 0 bridgehead atoms. The first-order chi connectivity index (χ1) is 13.4. The summed E-state index contributed by atoms with van der Waals surface area (Å²) < 4.78 is 0. The summed E-state index contributed by atoms with van der Waals surface area (Å²) in [5, 5.41) is 2.98. The van der Waals surface area contributed by atoms with Crippen LogP contribution in [0.4, 0.5) is 0 Å². The van der Waals surface area contributed by atoms with E-state index in [0.717, 1.165) is 19.3 Å². The first kappa shape index (κ1) is 20.4. The summed E-state index contributed by atoms with van der Waals surface area (Å²) in [4.78, 5) is 41.8. The number of hydrogen-bond donors (Lipinski definition) is 1. The molecule has 1 aliphatic heterocycles. The van der Waals surface area contributed by atoms with Crippen LogP contribution in [0.2, 0.25) is 0 Å². The number of piperazine rings is 1. The SMILES string of the molecule is CC(C)C(NC(=O)C1CCC1)C(=O)N1CCN(C(=O)c2ccccc2)C(C)C1. The molecule has 1 saturated heterocycles. The second-order valence-corrected chi connectivity index (χ2v) is 8.36. The van der Waals surface area contributed by atoms with Crippen LogP contribution >= 0.6 is 0 Å². The highest BCUT2D eigenvalue weighted by Crippen LogP contribution is 2.27. The van der Waals surface area contributed by atoms with E-state index in [4.69, 9.17) is 0 Å². The Bertz CT molecular complexity index is 715. The molecule has 2 unspecified atom stereocenters. The van der Waals surface area contributed by atoms with Crippen LogP contribution in [0.5, 0.6) is 0 Å². The lowest BCUT2D eigenvalue weighted by Gasteiger charge is -2.41. The van der Waals surface area contributed by atoms with Gasteiger partial charge in [0.05, 0.1) is 0 Å². The number of carbonyl (C=O) groups is 3. The Labute approximate surface area is 167 Å². The van der Waals surface area contributed by atoms with Gasteiger partial charge in [0.25, 0.3) is 5.91 Å². The van der Waals surface area contributed by atoms with E-state index < -0.39 is 6.04 Å². The third-order valence-electron chi connectivity index (χ3n) is 5.93. The molecule has 1 aromatic rings. The van der Waals surface area contributed by atoms with Gasteiger partial charge in [0.1, 0.15) is 6.04 Å². The normalized spacial score (nSPS) is 21.2. The van der Waals surface area contributed by atoms with E-state index in [-0.39, 0.29) is 35.6 Å². The Hall–Kier alpha value is -2.37. The molecule has 2 atom stereocenters. The molecule has 3 rings (SSSR count). The van der Waals surface area contributed by atoms with Crippen LogP contribution in [0.25, 0.3) is 0 Å². The van der Waals surface area contributed by atoms with Crippen LogP contribution in [0.15, 0.2) is 30.3 Å². The minimum atomic E-state index is -0.503. The standard InChI is InChI=1S/C22H31N3O3/c1-15(2)19(23-20(26)17-10-7-11-17)22(28)24-12-13-25(16(3)14-24)21(27)18-8-5-4-6-9-18/h4-6,8-9,15-17,19H,7,10-14H2,1-3H3,(H,23,26). The monoisotopic (exact) mass is 385 g/mol. The number of nitrogens with one attached hydrogen (secondary N) is 1. The number of amides is 3. The van der Waals surface area contributed by atoms with Gasteiger partial charge in [0.15, 0.2) is 0 Å². The van der Waals surface area contributed by atoms with Gasteiger partial charge in [-0.25, -0.2) is 0 Å². The van der Waals surface area contributed by atoms with Crippen molar-refractivity contribution in [3.8, 4) is 0 Å². The molecule has 0 aromatic heterocycles. The van der Waals surface area contributed by atoms with Crippen molar-refractivity contribution in [3.05, 3.63) is 35.9 Å². The third-order valence-corrected chi connectivity index (χ3v) is 5.93. The van der Waals surface area contributed by atoms with Crippen molar-refractivity contribution in [2.75, 3.05) is 19.6 Å². The molecule has 152 valence electrons. The molecule has 2 fully saturated rings. The highest BCUT2D eigenvalue weighted by atomic mass is 16.2. The van der Waals surface area contributed by atoms with Crippen molar-refractivity contribution in [2.24, 2.45) is 11.8 Å². The molecule has 1 aromatic carbocycles. The van der Waals surface area contributed by atoms with Crippen LogP contribution in [-0.2, 0) is 9.59 Å². The molecule has 2 aliphatic rings. The minimum Gasteiger partial charge on any atom is -0.344 e. The summed E-state index contributed by atoms with van der Waals surface area (Å²) in [6.07, 6.45) is 2.93. The maximum Gasteiger partial charge on any atom is 0.254 e. The number of carbonyl (C=O) groups excluding carboxylic acids is 3. The van der Waals surface area contributed by atoms with Crippen molar-refractivity contribution in [1.82, 2.24) is 15.1 Å². The smallest absolute Gasteiger partial charge is 0.254 e. The molecule has 0 radical (unpaired) electrons. The zero-order chi connectivity index (χ0) is 20.3. The molecule has 6 nitrogen and oxygen atoms in total. The van der Waals surface area contributed by atoms with E-state index in [0.29, 0.717) is 25.2 Å². The fraction of sp³-hybridized carbons (Fsp3) is 0.591. The van der Waals surface area contributed by atoms with Gasteiger partial charge in [-0.05, 0) is 37.8 Å². The summed E-state index contributed by atoms with van der Waals surface area (Å²) in [5.74, 6) is 0.0496. The van der Waals surface area contributed by atoms with E-state index in [2.05, 4.69) is 5.32 Å². The second-order valence-electron chi connectivity index (χ2n) is 8.36. The van der Waals surface area contributed by atoms with Crippen molar-refractivity contribution in [2.45, 2.75) is 52.1 Å². The summed E-state index contributed by atoms with van der Waals surface area (Å²) in [5.41, 5.74) is 0.668. The fourth-order valence-corrected chi connectivity index (χ4v) is 3.86.